The van der Waals surface area contributed by atoms with Crippen LogP contribution in [0.1, 0.15) is 35.2 Å². The fraction of sp³-hybridized carbons (Fsp3) is 0.136. The van der Waals surface area contributed by atoms with Crippen LogP contribution in [-0.4, -0.2) is 36.5 Å². The molecule has 4 rings (SSSR count). The highest BCUT2D eigenvalue weighted by Gasteiger charge is 2.14. The fourth-order valence-electron chi connectivity index (χ4n) is 3.27. The van der Waals surface area contributed by atoms with Gasteiger partial charge in [0.25, 0.3) is 0 Å². The summed E-state index contributed by atoms with van der Waals surface area (Å²) in [5, 5.41) is 14.4. The molecule has 0 unspecified atom stereocenters. The van der Waals surface area contributed by atoms with E-state index in [0.717, 1.165) is 35.0 Å². The Morgan fingerprint density at radius 1 is 1.10 bits per heavy atom. The Morgan fingerprint density at radius 2 is 1.87 bits per heavy atom. The van der Waals surface area contributed by atoms with Crippen molar-refractivity contribution in [3.8, 4) is 22.5 Å². The lowest BCUT2D eigenvalue weighted by molar-refractivity contribution is 0.111. The Labute approximate surface area is 178 Å². The van der Waals surface area contributed by atoms with Gasteiger partial charge in [0.05, 0.1) is 0 Å². The minimum atomic E-state index is 0.215. The first kappa shape index (κ1) is 19.7. The van der Waals surface area contributed by atoms with Gasteiger partial charge >= 0.3 is 0 Å². The van der Waals surface area contributed by atoms with Gasteiger partial charge in [-0.2, -0.15) is 0 Å². The number of aromatic amines is 1. The second-order valence-electron chi connectivity index (χ2n) is 6.65. The highest BCUT2D eigenvalue weighted by molar-refractivity contribution is 6.31. The number of aldehydes is 1. The van der Waals surface area contributed by atoms with E-state index in [9.17, 15) is 4.79 Å². The maximum absolute atomic E-state index is 11.5. The molecule has 0 fully saturated rings. The summed E-state index contributed by atoms with van der Waals surface area (Å²) in [6.07, 6.45) is 5.49. The Bertz CT molecular complexity index is 1180. The van der Waals surface area contributed by atoms with Crippen molar-refractivity contribution < 1.29 is 4.79 Å². The van der Waals surface area contributed by atoms with Gasteiger partial charge < -0.3 is 4.57 Å². The number of rotatable bonds is 7. The maximum Gasteiger partial charge on any atom is 0.180 e. The summed E-state index contributed by atoms with van der Waals surface area (Å²) in [7, 11) is 0. The zero-order valence-corrected chi connectivity index (χ0v) is 17.0. The lowest BCUT2D eigenvalue weighted by atomic mass is 9.98. The molecule has 8 heteroatoms. The van der Waals surface area contributed by atoms with Crippen LogP contribution in [0.2, 0.25) is 5.15 Å². The molecular formula is C22H19ClN6O. The topological polar surface area (TPSA) is 89.3 Å². The monoisotopic (exact) mass is 418 g/mol. The third-order valence-electron chi connectivity index (χ3n) is 4.74. The second-order valence-corrected chi connectivity index (χ2v) is 7.01. The van der Waals surface area contributed by atoms with E-state index in [1.807, 2.05) is 72.2 Å². The molecule has 30 heavy (non-hydrogen) atoms. The van der Waals surface area contributed by atoms with Gasteiger partial charge in [-0.15, -0.1) is 5.10 Å². The third-order valence-corrected chi connectivity index (χ3v) is 5.02. The summed E-state index contributed by atoms with van der Waals surface area (Å²) >= 11 is 6.15. The predicted octanol–water partition coefficient (Wildman–Crippen LogP) is 4.67. The lowest BCUT2D eigenvalue weighted by Crippen LogP contribution is -2.06. The van der Waals surface area contributed by atoms with Gasteiger partial charge in [-0.05, 0) is 39.6 Å². The van der Waals surface area contributed by atoms with Crippen LogP contribution in [0.15, 0.2) is 54.6 Å². The van der Waals surface area contributed by atoms with Gasteiger partial charge in [-0.25, -0.2) is 10.1 Å². The highest BCUT2D eigenvalue weighted by atomic mass is 35.5. The van der Waals surface area contributed by atoms with E-state index in [2.05, 4.69) is 25.6 Å². The molecule has 0 aliphatic carbocycles. The SMILES string of the molecule is CC/C=C/c1nc(Cl)c(C=O)n1Cc1ccc(-c2ccccc2-c2nnn[nH]2)cc1. The number of hydrogen-bond donors (Lipinski definition) is 1. The lowest BCUT2D eigenvalue weighted by Gasteiger charge is -2.10. The van der Waals surface area contributed by atoms with E-state index in [0.29, 0.717) is 23.9 Å². The van der Waals surface area contributed by atoms with Crippen molar-refractivity contribution in [3.63, 3.8) is 0 Å². The van der Waals surface area contributed by atoms with E-state index >= 15 is 0 Å². The molecule has 4 aromatic rings. The molecule has 7 nitrogen and oxygen atoms in total. The Hall–Kier alpha value is -3.58. The van der Waals surface area contributed by atoms with E-state index in [1.54, 1.807) is 0 Å². The Morgan fingerprint density at radius 3 is 2.53 bits per heavy atom. The van der Waals surface area contributed by atoms with E-state index < -0.39 is 0 Å². The molecule has 0 radical (unpaired) electrons. The van der Waals surface area contributed by atoms with Crippen molar-refractivity contribution in [2.75, 3.05) is 0 Å². The maximum atomic E-state index is 11.5. The normalized spacial score (nSPS) is 11.3. The number of benzene rings is 2. The van der Waals surface area contributed by atoms with Crippen LogP contribution >= 0.6 is 11.6 Å². The van der Waals surface area contributed by atoms with Gasteiger partial charge in [0, 0.05) is 12.1 Å². The van der Waals surface area contributed by atoms with Gasteiger partial charge in [0.15, 0.2) is 17.3 Å². The number of allylic oxidation sites excluding steroid dienone is 1. The first-order valence-corrected chi connectivity index (χ1v) is 9.89. The largest absolute Gasteiger partial charge is 0.317 e. The fourth-order valence-corrected chi connectivity index (χ4v) is 3.50. The molecule has 0 amide bonds. The first-order chi connectivity index (χ1) is 14.7. The number of H-pyrrole nitrogens is 1. The number of nitrogens with zero attached hydrogens (tertiary/aromatic N) is 5. The summed E-state index contributed by atoms with van der Waals surface area (Å²) in [6.45, 7) is 2.53. The highest BCUT2D eigenvalue weighted by Crippen LogP contribution is 2.30. The predicted molar refractivity (Wildman–Crippen MR) is 116 cm³/mol. The van der Waals surface area contributed by atoms with Crippen molar-refractivity contribution in [3.05, 3.63) is 76.8 Å². The molecular weight excluding hydrogens is 400 g/mol. The van der Waals surface area contributed by atoms with E-state index in [4.69, 9.17) is 11.6 Å². The van der Waals surface area contributed by atoms with Crippen LogP contribution in [0.5, 0.6) is 0 Å². The molecule has 0 aliphatic heterocycles. The smallest absolute Gasteiger partial charge is 0.180 e. The number of aromatic nitrogens is 6. The molecule has 0 saturated heterocycles. The third kappa shape index (κ3) is 3.92. The van der Waals surface area contributed by atoms with Crippen LogP contribution in [0.3, 0.4) is 0 Å². The molecule has 0 saturated carbocycles. The average Bonchev–Trinajstić information content (AvgIpc) is 3.41. The minimum Gasteiger partial charge on any atom is -0.317 e. The average molecular weight is 419 g/mol. The number of halogens is 1. The minimum absolute atomic E-state index is 0.215. The van der Waals surface area contributed by atoms with Crippen molar-refractivity contribution in [2.45, 2.75) is 19.9 Å². The summed E-state index contributed by atoms with van der Waals surface area (Å²) in [6, 6.07) is 16.1. The van der Waals surface area contributed by atoms with Crippen LogP contribution in [0.4, 0.5) is 0 Å². The molecule has 0 atom stereocenters. The summed E-state index contributed by atoms with van der Waals surface area (Å²) in [4.78, 5) is 15.8. The summed E-state index contributed by atoms with van der Waals surface area (Å²) in [5.74, 6) is 1.28. The van der Waals surface area contributed by atoms with Crippen LogP contribution in [-0.2, 0) is 6.54 Å². The number of carbonyl (C=O) groups is 1. The summed E-state index contributed by atoms with van der Waals surface area (Å²) < 4.78 is 1.82. The first-order valence-electron chi connectivity index (χ1n) is 9.51. The zero-order chi connectivity index (χ0) is 20.9. The number of imidazole rings is 1. The quantitative estimate of drug-likeness (QED) is 0.440. The number of nitrogens with one attached hydrogen (secondary N) is 1. The molecule has 2 heterocycles. The van der Waals surface area contributed by atoms with Gasteiger partial charge in [0.1, 0.15) is 11.5 Å². The molecule has 0 bridgehead atoms. The molecule has 2 aromatic heterocycles. The van der Waals surface area contributed by atoms with Crippen LogP contribution < -0.4 is 0 Å². The van der Waals surface area contributed by atoms with Gasteiger partial charge in [-0.1, -0.05) is 73.1 Å². The second kappa shape index (κ2) is 8.84. The molecule has 0 spiro atoms. The van der Waals surface area contributed by atoms with Crippen LogP contribution in [0, 0.1) is 0 Å². The van der Waals surface area contributed by atoms with Crippen molar-refractivity contribution in [1.82, 2.24) is 30.2 Å². The number of tetrazole rings is 1. The van der Waals surface area contributed by atoms with Crippen molar-refractivity contribution in [2.24, 2.45) is 0 Å². The molecule has 2 aromatic carbocycles. The van der Waals surface area contributed by atoms with Crippen molar-refractivity contribution in [1.29, 1.82) is 0 Å². The van der Waals surface area contributed by atoms with Crippen LogP contribution in [0.25, 0.3) is 28.6 Å². The van der Waals surface area contributed by atoms with E-state index in [-0.39, 0.29) is 5.15 Å². The Balaban J connectivity index is 1.65. The molecule has 150 valence electrons. The standard InChI is InChI=1S/C22H19ClN6O/c1-2-3-8-20-24-21(23)19(14-30)29(20)13-15-9-11-16(12-10-15)17-6-4-5-7-18(17)22-25-27-28-26-22/h3-12,14H,2,13H2,1H3,(H,25,26,27,28)/b8-3+. The number of hydrogen-bond acceptors (Lipinski definition) is 5. The number of carbonyl (C=O) groups excluding carboxylic acids is 1. The van der Waals surface area contributed by atoms with Gasteiger partial charge in [0.2, 0.25) is 0 Å². The van der Waals surface area contributed by atoms with Gasteiger partial charge in [-0.3, -0.25) is 4.79 Å². The Kier molecular flexibility index (Phi) is 5.81. The molecule has 0 aliphatic rings. The van der Waals surface area contributed by atoms with E-state index in [1.165, 1.54) is 0 Å². The molecule has 1 N–H and O–H groups in total. The summed E-state index contributed by atoms with van der Waals surface area (Å²) in [5.41, 5.74) is 4.39. The zero-order valence-electron chi connectivity index (χ0n) is 16.3. The van der Waals surface area contributed by atoms with Crippen molar-refractivity contribution >= 4 is 24.0 Å².